The molecule has 0 unspecified atom stereocenters. The Morgan fingerprint density at radius 1 is 0.949 bits per heavy atom. The minimum atomic E-state index is -0.535. The predicted octanol–water partition coefficient (Wildman–Crippen LogP) is 7.07. The zero-order valence-corrected chi connectivity index (χ0v) is 23.8. The van der Waals surface area contributed by atoms with E-state index in [2.05, 4.69) is 33.0 Å². The van der Waals surface area contributed by atoms with Crippen LogP contribution in [0.1, 0.15) is 70.4 Å². The lowest BCUT2D eigenvalue weighted by Crippen LogP contribution is -2.37. The molecule has 3 aliphatic rings. The van der Waals surface area contributed by atoms with Crippen LogP contribution < -0.4 is 10.1 Å². The van der Waals surface area contributed by atoms with Crippen LogP contribution in [-0.4, -0.2) is 24.1 Å². The van der Waals surface area contributed by atoms with Crippen molar-refractivity contribution in [2.75, 3.05) is 11.9 Å². The average molecular weight is 548 g/mol. The van der Waals surface area contributed by atoms with E-state index in [1.54, 1.807) is 12.1 Å². The summed E-state index contributed by atoms with van der Waals surface area (Å²) in [5.41, 5.74) is 3.14. The Hall–Kier alpha value is -3.38. The molecule has 1 heterocycles. The van der Waals surface area contributed by atoms with Gasteiger partial charge in [-0.15, -0.1) is 0 Å². The van der Waals surface area contributed by atoms with Gasteiger partial charge in [-0.3, -0.25) is 14.4 Å². The minimum Gasteiger partial charge on any atom is -0.482 e. The van der Waals surface area contributed by atoms with Gasteiger partial charge in [-0.05, 0) is 53.1 Å². The second-order valence-corrected chi connectivity index (χ2v) is 12.9. The standard InChI is InChI=1S/C32H34ClNO5/c1-18-7-6-8-20(11-18)34-27(37)17-38-24-10-9-19(12-21(24)33)28-29-22(35)13-31(2,3)15-25(29)39-26-16-32(4,5)14-23(36)30(26)28/h6-12,28H,13-17H2,1-5H3,(H,34,37). The van der Waals surface area contributed by atoms with E-state index in [1.165, 1.54) is 0 Å². The fourth-order valence-corrected chi connectivity index (χ4v) is 6.13. The van der Waals surface area contributed by atoms with Gasteiger partial charge in [0.15, 0.2) is 18.2 Å². The van der Waals surface area contributed by atoms with Gasteiger partial charge in [0.25, 0.3) is 5.91 Å². The number of hydrogen-bond donors (Lipinski definition) is 1. The molecule has 0 bridgehead atoms. The molecule has 1 amide bonds. The summed E-state index contributed by atoms with van der Waals surface area (Å²) in [5.74, 6) is 0.833. The van der Waals surface area contributed by atoms with E-state index < -0.39 is 5.92 Å². The molecule has 0 atom stereocenters. The van der Waals surface area contributed by atoms with Gasteiger partial charge in [0.1, 0.15) is 17.3 Å². The molecule has 2 aliphatic carbocycles. The van der Waals surface area contributed by atoms with E-state index in [4.69, 9.17) is 21.1 Å². The summed E-state index contributed by atoms with van der Waals surface area (Å²) in [6, 6.07) is 12.8. The highest BCUT2D eigenvalue weighted by Gasteiger charge is 2.47. The first-order valence-electron chi connectivity index (χ1n) is 13.3. The number of ketones is 2. The molecule has 0 spiro atoms. The molecule has 39 heavy (non-hydrogen) atoms. The zero-order valence-electron chi connectivity index (χ0n) is 23.1. The number of halogens is 1. The minimum absolute atomic E-state index is 0.000276. The van der Waals surface area contributed by atoms with Crippen molar-refractivity contribution in [3.63, 3.8) is 0 Å². The fraction of sp³-hybridized carbons (Fsp3) is 0.406. The summed E-state index contributed by atoms with van der Waals surface area (Å²) in [5, 5.41) is 3.12. The molecule has 2 aromatic carbocycles. The quantitative estimate of drug-likeness (QED) is 0.433. The number of amides is 1. The van der Waals surface area contributed by atoms with Crippen molar-refractivity contribution in [3.8, 4) is 5.75 Å². The van der Waals surface area contributed by atoms with E-state index in [9.17, 15) is 14.4 Å². The highest BCUT2D eigenvalue weighted by atomic mass is 35.5. The number of ether oxygens (including phenoxy) is 2. The lowest BCUT2D eigenvalue weighted by molar-refractivity contribution is -0.120. The van der Waals surface area contributed by atoms with Gasteiger partial charge < -0.3 is 14.8 Å². The largest absolute Gasteiger partial charge is 0.482 e. The number of rotatable bonds is 5. The van der Waals surface area contributed by atoms with E-state index in [1.807, 2.05) is 37.3 Å². The molecule has 1 aliphatic heterocycles. The summed E-state index contributed by atoms with van der Waals surface area (Å²) in [6.07, 6.45) is 2.03. The van der Waals surface area contributed by atoms with Crippen molar-refractivity contribution < 1.29 is 23.9 Å². The van der Waals surface area contributed by atoms with Crippen LogP contribution in [0.2, 0.25) is 5.02 Å². The molecule has 6 nitrogen and oxygen atoms in total. The van der Waals surface area contributed by atoms with Crippen molar-refractivity contribution in [2.45, 2.75) is 66.2 Å². The van der Waals surface area contributed by atoms with Crippen LogP contribution >= 0.6 is 11.6 Å². The summed E-state index contributed by atoms with van der Waals surface area (Å²) >= 11 is 6.64. The first kappa shape index (κ1) is 27.2. The van der Waals surface area contributed by atoms with Crippen molar-refractivity contribution in [3.05, 3.63) is 81.3 Å². The predicted molar refractivity (Wildman–Crippen MR) is 151 cm³/mol. The van der Waals surface area contributed by atoms with E-state index in [-0.39, 0.29) is 34.9 Å². The van der Waals surface area contributed by atoms with Gasteiger partial charge in [0.05, 0.1) is 5.02 Å². The second kappa shape index (κ2) is 9.98. The Kier molecular flexibility index (Phi) is 6.96. The van der Waals surface area contributed by atoms with Gasteiger partial charge in [-0.1, -0.05) is 57.5 Å². The molecular weight excluding hydrogens is 514 g/mol. The molecule has 1 N–H and O–H groups in total. The van der Waals surface area contributed by atoms with Crippen LogP contribution in [0.4, 0.5) is 5.69 Å². The number of Topliss-reactive ketones (excluding diaryl/α,β-unsaturated/α-hetero) is 2. The van der Waals surface area contributed by atoms with Gasteiger partial charge in [0.2, 0.25) is 0 Å². The number of carbonyl (C=O) groups excluding carboxylic acids is 3. The topological polar surface area (TPSA) is 81.7 Å². The van der Waals surface area contributed by atoms with Crippen LogP contribution in [-0.2, 0) is 19.1 Å². The van der Waals surface area contributed by atoms with Crippen molar-refractivity contribution in [1.82, 2.24) is 0 Å². The fourth-order valence-electron chi connectivity index (χ4n) is 5.88. The second-order valence-electron chi connectivity index (χ2n) is 12.5. The Morgan fingerprint density at radius 3 is 2.13 bits per heavy atom. The van der Waals surface area contributed by atoms with Crippen LogP contribution in [0.3, 0.4) is 0 Å². The number of allylic oxidation sites excluding steroid dienone is 4. The summed E-state index contributed by atoms with van der Waals surface area (Å²) < 4.78 is 12.1. The summed E-state index contributed by atoms with van der Waals surface area (Å²) in [6.45, 7) is 9.98. The number of aryl methyl sites for hydroxylation is 1. The zero-order chi connectivity index (χ0) is 28.1. The van der Waals surface area contributed by atoms with Gasteiger partial charge in [-0.2, -0.15) is 0 Å². The number of benzene rings is 2. The average Bonchev–Trinajstić information content (AvgIpc) is 2.80. The van der Waals surface area contributed by atoms with Crippen LogP contribution in [0, 0.1) is 17.8 Å². The molecule has 5 rings (SSSR count). The summed E-state index contributed by atoms with van der Waals surface area (Å²) in [4.78, 5) is 39.4. The monoisotopic (exact) mass is 547 g/mol. The Balaban J connectivity index is 1.43. The van der Waals surface area contributed by atoms with E-state index in [0.717, 1.165) is 11.1 Å². The van der Waals surface area contributed by atoms with Gasteiger partial charge >= 0.3 is 0 Å². The molecular formula is C32H34ClNO5. The van der Waals surface area contributed by atoms with Crippen molar-refractivity contribution >= 4 is 34.8 Å². The molecule has 7 heteroatoms. The molecule has 0 radical (unpaired) electrons. The maximum Gasteiger partial charge on any atom is 0.262 e. The molecule has 0 fully saturated rings. The van der Waals surface area contributed by atoms with Crippen LogP contribution in [0.5, 0.6) is 5.75 Å². The maximum absolute atomic E-state index is 13.5. The number of nitrogens with one attached hydrogen (secondary N) is 1. The summed E-state index contributed by atoms with van der Waals surface area (Å²) in [7, 11) is 0. The highest BCUT2D eigenvalue weighted by Crippen LogP contribution is 2.53. The van der Waals surface area contributed by atoms with Crippen molar-refractivity contribution in [1.29, 1.82) is 0 Å². The first-order valence-corrected chi connectivity index (χ1v) is 13.7. The molecule has 0 saturated heterocycles. The van der Waals surface area contributed by atoms with Crippen LogP contribution in [0.15, 0.2) is 65.1 Å². The number of carbonyl (C=O) groups is 3. The van der Waals surface area contributed by atoms with Crippen LogP contribution in [0.25, 0.3) is 0 Å². The normalized spacial score (nSPS) is 20.3. The Labute approximate surface area is 234 Å². The van der Waals surface area contributed by atoms with Gasteiger partial charge in [-0.25, -0.2) is 0 Å². The van der Waals surface area contributed by atoms with E-state index in [0.29, 0.717) is 64.8 Å². The first-order chi connectivity index (χ1) is 18.3. The van der Waals surface area contributed by atoms with Crippen molar-refractivity contribution in [2.24, 2.45) is 10.8 Å². The SMILES string of the molecule is Cc1cccc(NC(=O)COc2ccc(C3C4=C(CC(C)(C)CC4=O)OC4=C3C(=O)CC(C)(C)C4)cc2Cl)c1. The Morgan fingerprint density at radius 2 is 1.56 bits per heavy atom. The lowest BCUT2D eigenvalue weighted by atomic mass is 9.65. The molecule has 0 aromatic heterocycles. The third-order valence-electron chi connectivity index (χ3n) is 7.53. The number of anilines is 1. The Bertz CT molecular complexity index is 1400. The van der Waals surface area contributed by atoms with E-state index >= 15 is 0 Å². The third kappa shape index (κ3) is 5.67. The molecule has 204 valence electrons. The highest BCUT2D eigenvalue weighted by molar-refractivity contribution is 6.32. The maximum atomic E-state index is 13.5. The molecule has 2 aromatic rings. The number of hydrogen-bond acceptors (Lipinski definition) is 5. The smallest absolute Gasteiger partial charge is 0.262 e. The van der Waals surface area contributed by atoms with Gasteiger partial charge in [0, 0.05) is 48.4 Å². The molecule has 0 saturated carbocycles. The third-order valence-corrected chi connectivity index (χ3v) is 7.83. The lowest BCUT2D eigenvalue weighted by Gasteiger charge is -2.42.